The number of rotatable bonds is 6. The van der Waals surface area contributed by atoms with E-state index in [-0.39, 0.29) is 41.9 Å². The number of amides is 2. The molecule has 1 aliphatic rings. The second-order valence-corrected chi connectivity index (χ2v) is 10.2. The van der Waals surface area contributed by atoms with Crippen molar-refractivity contribution in [1.29, 1.82) is 0 Å². The molecular formula is C28H37NO2. The minimum atomic E-state index is -1.00. The first-order valence-corrected chi connectivity index (χ1v) is 11.6. The molecule has 0 spiro atoms. The van der Waals surface area contributed by atoms with Crippen LogP contribution in [0.1, 0.15) is 119 Å². The van der Waals surface area contributed by atoms with Gasteiger partial charge < -0.3 is 0 Å². The Balaban J connectivity index is 2.57. The van der Waals surface area contributed by atoms with E-state index in [0.29, 0.717) is 0 Å². The van der Waals surface area contributed by atoms with Gasteiger partial charge in [-0.15, -0.1) is 0 Å². The van der Waals surface area contributed by atoms with E-state index in [9.17, 15) is 9.59 Å². The van der Waals surface area contributed by atoms with Gasteiger partial charge in [-0.25, -0.2) is 0 Å². The lowest BCUT2D eigenvalue weighted by Crippen LogP contribution is -2.41. The Labute approximate surface area is 187 Å². The molecule has 0 aliphatic carbocycles. The molecule has 1 saturated heterocycles. The van der Waals surface area contributed by atoms with E-state index in [4.69, 9.17) is 0 Å². The Kier molecular flexibility index (Phi) is 6.45. The fraction of sp³-hybridized carbons (Fsp3) is 0.500. The van der Waals surface area contributed by atoms with Gasteiger partial charge in [0.25, 0.3) is 0 Å². The van der Waals surface area contributed by atoms with Gasteiger partial charge in [-0.05, 0) is 57.1 Å². The molecule has 1 aliphatic heterocycles. The first-order valence-electron chi connectivity index (χ1n) is 11.6. The van der Waals surface area contributed by atoms with Crippen molar-refractivity contribution >= 4 is 11.8 Å². The van der Waals surface area contributed by atoms with Gasteiger partial charge in [0.1, 0.15) is 5.41 Å². The molecule has 31 heavy (non-hydrogen) atoms. The van der Waals surface area contributed by atoms with E-state index >= 15 is 0 Å². The van der Waals surface area contributed by atoms with Crippen molar-refractivity contribution in [1.82, 2.24) is 5.32 Å². The van der Waals surface area contributed by atoms with Crippen molar-refractivity contribution in [3.05, 3.63) is 69.8 Å². The zero-order valence-electron chi connectivity index (χ0n) is 20.3. The smallest absolute Gasteiger partial charge is 0.242 e. The van der Waals surface area contributed by atoms with Crippen LogP contribution in [0.4, 0.5) is 0 Å². The van der Waals surface area contributed by atoms with Gasteiger partial charge in [-0.1, -0.05) is 91.8 Å². The van der Waals surface area contributed by atoms with Crippen LogP contribution in [0.3, 0.4) is 0 Å². The molecule has 0 unspecified atom stereocenters. The van der Waals surface area contributed by atoms with Gasteiger partial charge >= 0.3 is 0 Å². The normalized spacial score (nSPS) is 16.1. The molecule has 2 aromatic rings. The third-order valence-corrected chi connectivity index (χ3v) is 6.67. The highest BCUT2D eigenvalue weighted by Crippen LogP contribution is 2.50. The second-order valence-electron chi connectivity index (χ2n) is 10.2. The van der Waals surface area contributed by atoms with Crippen LogP contribution in [-0.4, -0.2) is 11.8 Å². The van der Waals surface area contributed by atoms with Gasteiger partial charge in [-0.3, -0.25) is 14.9 Å². The largest absolute Gasteiger partial charge is 0.295 e. The fourth-order valence-electron chi connectivity index (χ4n) is 5.22. The van der Waals surface area contributed by atoms with Gasteiger partial charge in [0.15, 0.2) is 0 Å². The highest BCUT2D eigenvalue weighted by molar-refractivity contribution is 6.12. The van der Waals surface area contributed by atoms with Crippen LogP contribution in [0, 0.1) is 0 Å². The highest BCUT2D eigenvalue weighted by atomic mass is 16.2. The zero-order valence-corrected chi connectivity index (χ0v) is 20.3. The van der Waals surface area contributed by atoms with Gasteiger partial charge in [0.05, 0.1) is 0 Å². The summed E-state index contributed by atoms with van der Waals surface area (Å²) in [6, 6.07) is 12.7. The summed E-state index contributed by atoms with van der Waals surface area (Å²) in [6.45, 7) is 17.4. The Hall–Kier alpha value is -2.42. The van der Waals surface area contributed by atoms with E-state index in [1.54, 1.807) is 0 Å². The molecule has 1 heterocycles. The molecule has 2 aromatic carbocycles. The van der Waals surface area contributed by atoms with E-state index < -0.39 is 5.41 Å². The van der Waals surface area contributed by atoms with E-state index in [1.807, 2.05) is 0 Å². The summed E-state index contributed by atoms with van der Waals surface area (Å²) in [7, 11) is 0. The Bertz CT molecular complexity index is 882. The minimum Gasteiger partial charge on any atom is -0.295 e. The summed E-state index contributed by atoms with van der Waals surface area (Å²) < 4.78 is 0. The quantitative estimate of drug-likeness (QED) is 0.542. The van der Waals surface area contributed by atoms with Gasteiger partial charge in [0, 0.05) is 6.42 Å². The summed E-state index contributed by atoms with van der Waals surface area (Å²) in [4.78, 5) is 26.7. The zero-order chi connectivity index (χ0) is 23.1. The second kappa shape index (κ2) is 8.61. The maximum absolute atomic E-state index is 13.9. The van der Waals surface area contributed by atoms with Crippen molar-refractivity contribution in [2.75, 3.05) is 0 Å². The van der Waals surface area contributed by atoms with Crippen LogP contribution in [0.25, 0.3) is 0 Å². The molecular weight excluding hydrogens is 382 g/mol. The van der Waals surface area contributed by atoms with Crippen LogP contribution in [0.5, 0.6) is 0 Å². The van der Waals surface area contributed by atoms with Crippen molar-refractivity contribution < 1.29 is 9.59 Å². The first kappa shape index (κ1) is 23.2. The number of hydrogen-bond acceptors (Lipinski definition) is 2. The van der Waals surface area contributed by atoms with Crippen LogP contribution in [0.15, 0.2) is 36.4 Å². The van der Waals surface area contributed by atoms with E-state index in [2.05, 4.69) is 97.1 Å². The first-order chi connectivity index (χ1) is 14.5. The number of carbonyl (C=O) groups excluding carboxylic acids is 2. The predicted octanol–water partition coefficient (Wildman–Crippen LogP) is 6.51. The lowest BCUT2D eigenvalue weighted by molar-refractivity contribution is -0.126. The number of carbonyl (C=O) groups is 2. The van der Waals surface area contributed by atoms with Crippen LogP contribution < -0.4 is 5.32 Å². The molecule has 1 N–H and O–H groups in total. The van der Waals surface area contributed by atoms with Crippen molar-refractivity contribution in [3.8, 4) is 0 Å². The Morgan fingerprint density at radius 2 is 0.968 bits per heavy atom. The number of hydrogen-bond donors (Lipinski definition) is 1. The van der Waals surface area contributed by atoms with Crippen LogP contribution >= 0.6 is 0 Å². The third-order valence-electron chi connectivity index (χ3n) is 6.67. The van der Waals surface area contributed by atoms with Crippen molar-refractivity contribution in [2.24, 2.45) is 0 Å². The lowest BCUT2D eigenvalue weighted by Gasteiger charge is -2.37. The fourth-order valence-corrected chi connectivity index (χ4v) is 5.22. The molecule has 0 saturated carbocycles. The molecule has 0 aromatic heterocycles. The monoisotopic (exact) mass is 419 g/mol. The number of benzene rings is 2. The van der Waals surface area contributed by atoms with Crippen LogP contribution in [-0.2, 0) is 15.0 Å². The summed E-state index contributed by atoms with van der Waals surface area (Å²) >= 11 is 0. The van der Waals surface area contributed by atoms with Gasteiger partial charge in [-0.2, -0.15) is 0 Å². The summed E-state index contributed by atoms with van der Waals surface area (Å²) in [5.41, 5.74) is 5.71. The number of imide groups is 1. The molecule has 3 nitrogen and oxygen atoms in total. The average Bonchev–Trinajstić information content (AvgIpc) is 3.00. The maximum Gasteiger partial charge on any atom is 0.242 e. The van der Waals surface area contributed by atoms with E-state index in [0.717, 1.165) is 33.4 Å². The minimum absolute atomic E-state index is 0.165. The molecule has 2 amide bonds. The predicted molar refractivity (Wildman–Crippen MR) is 128 cm³/mol. The average molecular weight is 420 g/mol. The lowest BCUT2D eigenvalue weighted by atomic mass is 9.63. The molecule has 0 bridgehead atoms. The highest BCUT2D eigenvalue weighted by Gasteiger charge is 2.53. The maximum atomic E-state index is 13.9. The van der Waals surface area contributed by atoms with E-state index in [1.165, 1.54) is 0 Å². The summed E-state index contributed by atoms with van der Waals surface area (Å²) in [5.74, 6) is 0.588. The Morgan fingerprint density at radius 3 is 1.19 bits per heavy atom. The molecule has 1 fully saturated rings. The Morgan fingerprint density at radius 1 is 0.645 bits per heavy atom. The molecule has 0 atom stereocenters. The number of nitrogens with one attached hydrogen (secondary N) is 1. The van der Waals surface area contributed by atoms with Crippen molar-refractivity contribution in [2.45, 2.75) is 90.9 Å². The molecule has 0 radical (unpaired) electrons. The third kappa shape index (κ3) is 3.84. The SMILES string of the molecule is CC(C)c1cccc(C(C)C)c1C1(c2c(C(C)C)cccc2C(C)C)CC(=O)NC1=O. The van der Waals surface area contributed by atoms with Crippen molar-refractivity contribution in [3.63, 3.8) is 0 Å². The summed E-state index contributed by atoms with van der Waals surface area (Å²) in [6.07, 6.45) is 0.165. The van der Waals surface area contributed by atoms with Crippen LogP contribution in [0.2, 0.25) is 0 Å². The molecule has 3 heteroatoms. The molecule has 3 rings (SSSR count). The summed E-state index contributed by atoms with van der Waals surface area (Å²) in [5, 5.41) is 2.69. The molecule has 166 valence electrons. The topological polar surface area (TPSA) is 46.2 Å². The standard InChI is InChI=1S/C28H37NO2/c1-16(2)20-11-9-12-21(17(3)4)25(20)28(15-24(30)29-27(28)31)26-22(18(5)6)13-10-14-23(26)19(7)8/h9-14,16-19H,15H2,1-8H3,(H,29,30,31). The van der Waals surface area contributed by atoms with Gasteiger partial charge in [0.2, 0.25) is 11.8 Å².